The molecule has 5 heteroatoms. The van der Waals surface area contributed by atoms with E-state index in [-0.39, 0.29) is 11.9 Å². The zero-order chi connectivity index (χ0) is 14.5. The molecule has 0 amide bonds. The van der Waals surface area contributed by atoms with Crippen molar-refractivity contribution >= 4 is 27.7 Å². The largest absolute Gasteiger partial charge is 0.271 e. The Balaban J connectivity index is 2.31. The van der Waals surface area contributed by atoms with Gasteiger partial charge in [0.2, 0.25) is 0 Å². The van der Waals surface area contributed by atoms with E-state index in [1.165, 1.54) is 6.07 Å². The summed E-state index contributed by atoms with van der Waals surface area (Å²) in [4.78, 5) is 1.14. The fourth-order valence-electron chi connectivity index (χ4n) is 2.13. The van der Waals surface area contributed by atoms with Gasteiger partial charge < -0.3 is 0 Å². The SMILES string of the molecule is CSc1ccccc1C(Cc1cc(Br)ccc1F)NN. The second-order valence-corrected chi connectivity index (χ2v) is 6.16. The van der Waals surface area contributed by atoms with Crippen LogP contribution in [0.3, 0.4) is 0 Å². The fraction of sp³-hybridized carbons (Fsp3) is 0.200. The Morgan fingerprint density at radius 1 is 1.30 bits per heavy atom. The Morgan fingerprint density at radius 2 is 2.05 bits per heavy atom. The van der Waals surface area contributed by atoms with Gasteiger partial charge in [0.1, 0.15) is 5.82 Å². The lowest BCUT2D eigenvalue weighted by molar-refractivity contribution is 0.523. The maximum absolute atomic E-state index is 13.9. The number of hydrogen-bond acceptors (Lipinski definition) is 3. The van der Waals surface area contributed by atoms with Gasteiger partial charge in [0.05, 0.1) is 6.04 Å². The first-order valence-corrected chi connectivity index (χ1v) is 8.20. The molecular weight excluding hydrogens is 339 g/mol. The standard InChI is InChI=1S/C15H16BrFN2S/c1-20-15-5-3-2-4-12(15)14(19-18)9-10-8-11(16)6-7-13(10)17/h2-8,14,19H,9,18H2,1H3. The number of nitrogens with two attached hydrogens (primary N) is 1. The van der Waals surface area contributed by atoms with Crippen LogP contribution in [0.5, 0.6) is 0 Å². The fourth-order valence-corrected chi connectivity index (χ4v) is 3.20. The second-order valence-electron chi connectivity index (χ2n) is 4.40. The van der Waals surface area contributed by atoms with Crippen LogP contribution in [0, 0.1) is 5.82 Å². The predicted molar refractivity (Wildman–Crippen MR) is 86.1 cm³/mol. The van der Waals surface area contributed by atoms with Gasteiger partial charge >= 0.3 is 0 Å². The first kappa shape index (κ1) is 15.5. The summed E-state index contributed by atoms with van der Waals surface area (Å²) in [6, 6.07) is 12.9. The number of benzene rings is 2. The van der Waals surface area contributed by atoms with E-state index < -0.39 is 0 Å². The van der Waals surface area contributed by atoms with E-state index in [1.54, 1.807) is 23.9 Å². The molecule has 3 N–H and O–H groups in total. The van der Waals surface area contributed by atoms with Crippen molar-refractivity contribution in [3.63, 3.8) is 0 Å². The van der Waals surface area contributed by atoms with Crippen LogP contribution in [0.2, 0.25) is 0 Å². The van der Waals surface area contributed by atoms with Gasteiger partial charge in [0.15, 0.2) is 0 Å². The van der Waals surface area contributed by atoms with Gasteiger partial charge in [0.25, 0.3) is 0 Å². The molecule has 2 aromatic rings. The quantitative estimate of drug-likeness (QED) is 0.483. The van der Waals surface area contributed by atoms with E-state index in [1.807, 2.05) is 30.5 Å². The van der Waals surface area contributed by atoms with Gasteiger partial charge in [-0.3, -0.25) is 11.3 Å². The number of thioether (sulfide) groups is 1. The summed E-state index contributed by atoms with van der Waals surface area (Å²) in [5.74, 6) is 5.46. The number of hydrogen-bond donors (Lipinski definition) is 2. The maximum atomic E-state index is 13.9. The Morgan fingerprint density at radius 3 is 2.75 bits per heavy atom. The highest BCUT2D eigenvalue weighted by atomic mass is 79.9. The molecular formula is C15H16BrFN2S. The van der Waals surface area contributed by atoms with Gasteiger partial charge in [-0.05, 0) is 48.1 Å². The van der Waals surface area contributed by atoms with Gasteiger partial charge in [-0.2, -0.15) is 0 Å². The average Bonchev–Trinajstić information content (AvgIpc) is 2.48. The van der Waals surface area contributed by atoms with Crippen molar-refractivity contribution in [2.24, 2.45) is 5.84 Å². The van der Waals surface area contributed by atoms with E-state index in [0.717, 1.165) is 14.9 Å². The molecule has 1 atom stereocenters. The molecule has 2 aromatic carbocycles. The number of nitrogens with one attached hydrogen (secondary N) is 1. The molecule has 0 heterocycles. The zero-order valence-electron chi connectivity index (χ0n) is 11.1. The van der Waals surface area contributed by atoms with Crippen LogP contribution in [0.1, 0.15) is 17.2 Å². The normalized spacial score (nSPS) is 12.4. The number of halogens is 2. The van der Waals surface area contributed by atoms with Crippen molar-refractivity contribution in [1.82, 2.24) is 5.43 Å². The molecule has 20 heavy (non-hydrogen) atoms. The van der Waals surface area contributed by atoms with Gasteiger partial charge in [-0.25, -0.2) is 4.39 Å². The molecule has 2 rings (SSSR count). The van der Waals surface area contributed by atoms with Crippen molar-refractivity contribution in [3.05, 3.63) is 63.9 Å². The maximum Gasteiger partial charge on any atom is 0.126 e. The molecule has 0 aliphatic rings. The molecule has 0 saturated heterocycles. The third-order valence-corrected chi connectivity index (χ3v) is 4.45. The lowest BCUT2D eigenvalue weighted by atomic mass is 9.99. The van der Waals surface area contributed by atoms with E-state index in [9.17, 15) is 4.39 Å². The molecule has 106 valence electrons. The molecule has 0 aliphatic carbocycles. The molecule has 0 fully saturated rings. The molecule has 0 radical (unpaired) electrons. The van der Waals surface area contributed by atoms with Crippen LogP contribution in [0.15, 0.2) is 51.8 Å². The van der Waals surface area contributed by atoms with Crippen LogP contribution in [0.25, 0.3) is 0 Å². The number of rotatable bonds is 5. The molecule has 0 aromatic heterocycles. The summed E-state index contributed by atoms with van der Waals surface area (Å²) in [6.45, 7) is 0. The molecule has 0 saturated carbocycles. The Hall–Kier alpha value is -0.880. The van der Waals surface area contributed by atoms with Crippen LogP contribution in [-0.2, 0) is 6.42 Å². The first-order chi connectivity index (χ1) is 9.65. The lowest BCUT2D eigenvalue weighted by Gasteiger charge is -2.19. The minimum atomic E-state index is -0.213. The summed E-state index contributed by atoms with van der Waals surface area (Å²) in [5.41, 5.74) is 4.52. The minimum absolute atomic E-state index is 0.123. The average molecular weight is 355 g/mol. The Labute approximate surface area is 131 Å². The lowest BCUT2D eigenvalue weighted by Crippen LogP contribution is -2.30. The van der Waals surface area contributed by atoms with Crippen molar-refractivity contribution in [1.29, 1.82) is 0 Å². The van der Waals surface area contributed by atoms with E-state index in [0.29, 0.717) is 12.0 Å². The molecule has 0 bridgehead atoms. The number of hydrazine groups is 1. The third-order valence-electron chi connectivity index (χ3n) is 3.15. The smallest absolute Gasteiger partial charge is 0.126 e. The molecule has 1 unspecified atom stereocenters. The summed E-state index contributed by atoms with van der Waals surface area (Å²) in [5, 5.41) is 0. The van der Waals surface area contributed by atoms with E-state index in [2.05, 4.69) is 21.4 Å². The van der Waals surface area contributed by atoms with Crippen molar-refractivity contribution in [3.8, 4) is 0 Å². The summed E-state index contributed by atoms with van der Waals surface area (Å²) >= 11 is 5.03. The third kappa shape index (κ3) is 3.61. The minimum Gasteiger partial charge on any atom is -0.271 e. The summed E-state index contributed by atoms with van der Waals surface area (Å²) < 4.78 is 14.7. The highest BCUT2D eigenvalue weighted by Crippen LogP contribution is 2.28. The Bertz CT molecular complexity index is 592. The topological polar surface area (TPSA) is 38.0 Å². The van der Waals surface area contributed by atoms with E-state index >= 15 is 0 Å². The van der Waals surface area contributed by atoms with Gasteiger partial charge in [-0.1, -0.05) is 34.1 Å². The van der Waals surface area contributed by atoms with Crippen molar-refractivity contribution < 1.29 is 4.39 Å². The highest BCUT2D eigenvalue weighted by molar-refractivity contribution is 9.10. The van der Waals surface area contributed by atoms with Crippen molar-refractivity contribution in [2.45, 2.75) is 17.4 Å². The molecule has 0 aliphatic heterocycles. The summed E-state index contributed by atoms with van der Waals surface area (Å²) in [6.07, 6.45) is 2.52. The first-order valence-electron chi connectivity index (χ1n) is 6.18. The second kappa shape index (κ2) is 7.22. The predicted octanol–water partition coefficient (Wildman–Crippen LogP) is 4.06. The highest BCUT2D eigenvalue weighted by Gasteiger charge is 2.16. The van der Waals surface area contributed by atoms with Gasteiger partial charge in [0, 0.05) is 9.37 Å². The zero-order valence-corrected chi connectivity index (χ0v) is 13.5. The molecule has 2 nitrogen and oxygen atoms in total. The van der Waals surface area contributed by atoms with Crippen LogP contribution in [0.4, 0.5) is 4.39 Å². The van der Waals surface area contributed by atoms with Crippen molar-refractivity contribution in [2.75, 3.05) is 6.26 Å². The Kier molecular flexibility index (Phi) is 5.60. The van der Waals surface area contributed by atoms with Crippen LogP contribution in [-0.4, -0.2) is 6.26 Å². The van der Waals surface area contributed by atoms with Crippen LogP contribution >= 0.6 is 27.7 Å². The summed E-state index contributed by atoms with van der Waals surface area (Å²) in [7, 11) is 0. The van der Waals surface area contributed by atoms with Gasteiger partial charge in [-0.15, -0.1) is 11.8 Å². The monoisotopic (exact) mass is 354 g/mol. The molecule has 0 spiro atoms. The van der Waals surface area contributed by atoms with Crippen LogP contribution < -0.4 is 11.3 Å². The van der Waals surface area contributed by atoms with E-state index in [4.69, 9.17) is 5.84 Å².